The van der Waals surface area contributed by atoms with Crippen molar-refractivity contribution in [1.29, 1.82) is 0 Å². The SMILES string of the molecule is CC/C=C\C/C=C\C/C=C\C/C=C\C/C=C\C/C=C\C/C=C\CCCC(=O)OCC(COC(=O)CCCCCCC/C=C\CCCC)OC(=O)CCCCCCC/C=C\C/C=C\C/C=C\CC. The molecule has 0 heterocycles. The standard InChI is InChI=1S/C61H96O6/c1-4-7-10-13-16-19-22-24-26-27-28-29-30-31-32-33-35-36-39-42-45-48-51-54-60(63)66-57-58(56-65-59(62)53-50-47-44-41-38-21-18-15-12-9-6-3)67-61(64)55-52-49-46-43-40-37-34-25-23-20-17-14-11-8-5-2/h7-8,10-11,15-20,24-26,28-29,31-32,34-36,42,45,58H,4-6,9,12-14,21-23,27,30,33,37-41,43-44,46-57H2,1-3H3/b10-7-,11-8-,18-15-,19-16-,20-17-,26-24-,29-28-,32-31-,34-25-,36-35-,45-42-. The average Bonchev–Trinajstić information content (AvgIpc) is 3.33. The maximum Gasteiger partial charge on any atom is 0.306 e. The minimum atomic E-state index is -0.818. The first kappa shape index (κ1) is 62.5. The van der Waals surface area contributed by atoms with Crippen LogP contribution in [0.3, 0.4) is 0 Å². The van der Waals surface area contributed by atoms with Gasteiger partial charge in [-0.05, 0) is 122 Å². The predicted octanol–water partition coefficient (Wildman–Crippen LogP) is 17.9. The van der Waals surface area contributed by atoms with Crippen LogP contribution in [0.15, 0.2) is 134 Å². The zero-order chi connectivity index (χ0) is 48.6. The second-order valence-corrected chi connectivity index (χ2v) is 17.0. The number of esters is 3. The van der Waals surface area contributed by atoms with Crippen molar-refractivity contribution < 1.29 is 28.6 Å². The van der Waals surface area contributed by atoms with E-state index in [1.807, 2.05) is 0 Å². The van der Waals surface area contributed by atoms with Gasteiger partial charge in [0.1, 0.15) is 13.2 Å². The van der Waals surface area contributed by atoms with Crippen LogP contribution < -0.4 is 0 Å². The largest absolute Gasteiger partial charge is 0.462 e. The number of hydrogen-bond acceptors (Lipinski definition) is 6. The highest BCUT2D eigenvalue weighted by atomic mass is 16.6. The zero-order valence-corrected chi connectivity index (χ0v) is 42.9. The van der Waals surface area contributed by atoms with Gasteiger partial charge < -0.3 is 14.2 Å². The lowest BCUT2D eigenvalue weighted by atomic mass is 10.1. The Balaban J connectivity index is 4.50. The molecule has 1 atom stereocenters. The Hall–Kier alpha value is -4.45. The molecule has 0 rings (SSSR count). The molecule has 1 unspecified atom stereocenters. The number of hydrogen-bond donors (Lipinski definition) is 0. The van der Waals surface area contributed by atoms with Gasteiger partial charge in [-0.25, -0.2) is 0 Å². The molecular weight excluding hydrogens is 829 g/mol. The predicted molar refractivity (Wildman–Crippen MR) is 288 cm³/mol. The zero-order valence-electron chi connectivity index (χ0n) is 42.9. The van der Waals surface area contributed by atoms with E-state index in [1.165, 1.54) is 25.7 Å². The van der Waals surface area contributed by atoms with E-state index in [2.05, 4.69) is 154 Å². The van der Waals surface area contributed by atoms with E-state index in [0.29, 0.717) is 12.8 Å². The van der Waals surface area contributed by atoms with Gasteiger partial charge in [0.05, 0.1) is 0 Å². The topological polar surface area (TPSA) is 78.9 Å². The Morgan fingerprint density at radius 3 is 0.985 bits per heavy atom. The monoisotopic (exact) mass is 925 g/mol. The fourth-order valence-electron chi connectivity index (χ4n) is 6.66. The third-order valence-electron chi connectivity index (χ3n) is 10.6. The highest BCUT2D eigenvalue weighted by molar-refractivity contribution is 5.71. The molecule has 6 nitrogen and oxygen atoms in total. The Morgan fingerprint density at radius 1 is 0.313 bits per heavy atom. The first-order valence-corrected chi connectivity index (χ1v) is 26.7. The van der Waals surface area contributed by atoms with Gasteiger partial charge in [0, 0.05) is 19.3 Å². The van der Waals surface area contributed by atoms with Gasteiger partial charge in [0.25, 0.3) is 0 Å². The fraction of sp³-hybridized carbons (Fsp3) is 0.590. The number of allylic oxidation sites excluding steroid dienone is 22. The second kappa shape index (κ2) is 54.2. The molecule has 0 aromatic rings. The van der Waals surface area contributed by atoms with E-state index in [9.17, 15) is 14.4 Å². The highest BCUT2D eigenvalue weighted by Gasteiger charge is 2.19. The summed E-state index contributed by atoms with van der Waals surface area (Å²) >= 11 is 0. The molecule has 376 valence electrons. The van der Waals surface area contributed by atoms with E-state index in [-0.39, 0.29) is 44.0 Å². The second-order valence-electron chi connectivity index (χ2n) is 17.0. The van der Waals surface area contributed by atoms with Gasteiger partial charge in [0.2, 0.25) is 0 Å². The fourth-order valence-corrected chi connectivity index (χ4v) is 6.66. The van der Waals surface area contributed by atoms with Crippen LogP contribution in [0.1, 0.15) is 213 Å². The number of carbonyl (C=O) groups excluding carboxylic acids is 3. The maximum absolute atomic E-state index is 12.8. The minimum absolute atomic E-state index is 0.112. The van der Waals surface area contributed by atoms with Crippen LogP contribution in [0.5, 0.6) is 0 Å². The number of ether oxygens (including phenoxy) is 3. The Bertz CT molecular complexity index is 1480. The summed E-state index contributed by atoms with van der Waals surface area (Å²) in [5.41, 5.74) is 0. The van der Waals surface area contributed by atoms with Crippen molar-refractivity contribution in [2.75, 3.05) is 13.2 Å². The number of unbranched alkanes of at least 4 members (excludes halogenated alkanes) is 13. The summed E-state index contributed by atoms with van der Waals surface area (Å²) in [5.74, 6) is -1.01. The first-order valence-electron chi connectivity index (χ1n) is 26.7. The lowest BCUT2D eigenvalue weighted by molar-refractivity contribution is -0.167. The molecular formula is C61H96O6. The third kappa shape index (κ3) is 52.4. The molecule has 0 aromatic heterocycles. The van der Waals surface area contributed by atoms with Gasteiger partial charge in [-0.1, -0.05) is 206 Å². The van der Waals surface area contributed by atoms with Crippen molar-refractivity contribution in [1.82, 2.24) is 0 Å². The van der Waals surface area contributed by atoms with Crippen LogP contribution in [0.2, 0.25) is 0 Å². The van der Waals surface area contributed by atoms with Crippen molar-refractivity contribution in [3.05, 3.63) is 134 Å². The van der Waals surface area contributed by atoms with E-state index in [1.54, 1.807) is 0 Å². The summed E-state index contributed by atoms with van der Waals surface area (Å²) in [5, 5.41) is 0. The van der Waals surface area contributed by atoms with Crippen LogP contribution in [0.25, 0.3) is 0 Å². The summed E-state index contributed by atoms with van der Waals surface area (Å²) in [6, 6.07) is 0. The Kier molecular flexibility index (Phi) is 50.6. The smallest absolute Gasteiger partial charge is 0.306 e. The molecule has 0 saturated heterocycles. The van der Waals surface area contributed by atoms with E-state index in [4.69, 9.17) is 14.2 Å². The summed E-state index contributed by atoms with van der Waals surface area (Å²) < 4.78 is 16.7. The lowest BCUT2D eigenvalue weighted by Gasteiger charge is -2.18. The number of rotatable bonds is 46. The highest BCUT2D eigenvalue weighted by Crippen LogP contribution is 2.12. The summed E-state index contributed by atoms with van der Waals surface area (Å²) in [6.45, 7) is 6.28. The Labute approximate surface area is 411 Å². The summed E-state index contributed by atoms with van der Waals surface area (Å²) in [4.78, 5) is 38.0. The molecule has 0 fully saturated rings. The molecule has 0 N–H and O–H groups in total. The summed E-state index contributed by atoms with van der Waals surface area (Å²) in [7, 11) is 0. The quantitative estimate of drug-likeness (QED) is 0.0262. The van der Waals surface area contributed by atoms with E-state index in [0.717, 1.165) is 141 Å². The molecule has 0 aromatic carbocycles. The van der Waals surface area contributed by atoms with Crippen LogP contribution >= 0.6 is 0 Å². The van der Waals surface area contributed by atoms with Crippen LogP contribution in [-0.4, -0.2) is 37.2 Å². The van der Waals surface area contributed by atoms with Crippen molar-refractivity contribution >= 4 is 17.9 Å². The third-order valence-corrected chi connectivity index (χ3v) is 10.6. The van der Waals surface area contributed by atoms with Gasteiger partial charge >= 0.3 is 17.9 Å². The van der Waals surface area contributed by atoms with Crippen LogP contribution in [0.4, 0.5) is 0 Å². The normalized spacial score (nSPS) is 13.2. The van der Waals surface area contributed by atoms with E-state index < -0.39 is 6.10 Å². The molecule has 0 bridgehead atoms. The van der Waals surface area contributed by atoms with Crippen molar-refractivity contribution in [3.8, 4) is 0 Å². The molecule has 0 radical (unpaired) electrons. The van der Waals surface area contributed by atoms with Crippen molar-refractivity contribution in [2.45, 2.75) is 219 Å². The maximum atomic E-state index is 12.8. The molecule has 0 aliphatic carbocycles. The molecule has 0 saturated carbocycles. The average molecular weight is 925 g/mol. The summed E-state index contributed by atoms with van der Waals surface area (Å²) in [6.07, 6.45) is 75.9. The van der Waals surface area contributed by atoms with Gasteiger partial charge in [-0.2, -0.15) is 0 Å². The van der Waals surface area contributed by atoms with Crippen molar-refractivity contribution in [3.63, 3.8) is 0 Å². The van der Waals surface area contributed by atoms with E-state index >= 15 is 0 Å². The minimum Gasteiger partial charge on any atom is -0.462 e. The lowest BCUT2D eigenvalue weighted by Crippen LogP contribution is -2.30. The van der Waals surface area contributed by atoms with Crippen molar-refractivity contribution in [2.24, 2.45) is 0 Å². The first-order chi connectivity index (χ1) is 33.0. The molecule has 0 aliphatic heterocycles. The number of carbonyl (C=O) groups is 3. The molecule has 0 spiro atoms. The molecule has 67 heavy (non-hydrogen) atoms. The van der Waals surface area contributed by atoms with Crippen LogP contribution in [0, 0.1) is 0 Å². The Morgan fingerprint density at radius 2 is 0.597 bits per heavy atom. The van der Waals surface area contributed by atoms with Gasteiger partial charge in [-0.15, -0.1) is 0 Å². The molecule has 6 heteroatoms. The van der Waals surface area contributed by atoms with Gasteiger partial charge in [-0.3, -0.25) is 14.4 Å². The van der Waals surface area contributed by atoms with Crippen LogP contribution in [-0.2, 0) is 28.6 Å². The molecule has 0 amide bonds. The van der Waals surface area contributed by atoms with Gasteiger partial charge in [0.15, 0.2) is 6.10 Å². The molecule has 0 aliphatic rings.